The van der Waals surface area contributed by atoms with Crippen LogP contribution in [0.2, 0.25) is 0 Å². The number of carbonyl (C=O) groups is 1. The van der Waals surface area contributed by atoms with Crippen LogP contribution in [-0.4, -0.2) is 32.7 Å². The molecule has 7 heteroatoms. The fourth-order valence-electron chi connectivity index (χ4n) is 3.68. The molecule has 28 heavy (non-hydrogen) atoms. The number of nitrogens with one attached hydrogen (secondary N) is 2. The molecule has 1 aromatic carbocycles. The van der Waals surface area contributed by atoms with E-state index in [4.69, 9.17) is 4.42 Å². The summed E-state index contributed by atoms with van der Waals surface area (Å²) in [5, 5.41) is 11.4. The van der Waals surface area contributed by atoms with Crippen molar-refractivity contribution in [1.82, 2.24) is 20.1 Å². The number of hydrogen-bond donors (Lipinski definition) is 2. The van der Waals surface area contributed by atoms with E-state index in [1.165, 1.54) is 5.56 Å². The van der Waals surface area contributed by atoms with Crippen LogP contribution in [0.15, 0.2) is 53.1 Å². The van der Waals surface area contributed by atoms with E-state index in [-0.39, 0.29) is 6.03 Å². The fourth-order valence-corrected chi connectivity index (χ4v) is 3.68. The molecular formula is C21H19N5O2. The van der Waals surface area contributed by atoms with Crippen LogP contribution < -0.4 is 5.32 Å². The van der Waals surface area contributed by atoms with E-state index in [0.29, 0.717) is 13.1 Å². The van der Waals surface area contributed by atoms with E-state index in [2.05, 4.69) is 20.5 Å². The van der Waals surface area contributed by atoms with Gasteiger partial charge in [0.15, 0.2) is 11.4 Å². The highest BCUT2D eigenvalue weighted by Crippen LogP contribution is 2.33. The van der Waals surface area contributed by atoms with Gasteiger partial charge < -0.3 is 14.6 Å². The molecule has 4 aromatic rings. The Kier molecular flexibility index (Phi) is 3.86. The summed E-state index contributed by atoms with van der Waals surface area (Å²) in [5.41, 5.74) is 4.51. The monoisotopic (exact) mass is 373 g/mol. The summed E-state index contributed by atoms with van der Waals surface area (Å²) < 4.78 is 5.77. The Hall–Kier alpha value is -3.61. The normalized spacial score (nSPS) is 13.5. The van der Waals surface area contributed by atoms with Crippen molar-refractivity contribution in [1.29, 1.82) is 0 Å². The Labute approximate surface area is 161 Å². The lowest BCUT2D eigenvalue weighted by molar-refractivity contribution is 0.206. The minimum atomic E-state index is -0.106. The number of benzene rings is 1. The van der Waals surface area contributed by atoms with Gasteiger partial charge in [0, 0.05) is 25.0 Å². The maximum atomic E-state index is 12.6. The van der Waals surface area contributed by atoms with Gasteiger partial charge in [-0.1, -0.05) is 18.2 Å². The lowest BCUT2D eigenvalue weighted by Gasteiger charge is -2.29. The second kappa shape index (κ2) is 6.53. The van der Waals surface area contributed by atoms with Gasteiger partial charge >= 0.3 is 6.03 Å². The maximum Gasteiger partial charge on any atom is 0.322 e. The number of fused-ring (bicyclic) bond motifs is 3. The second-order valence-corrected chi connectivity index (χ2v) is 6.94. The average molecular weight is 373 g/mol. The van der Waals surface area contributed by atoms with Gasteiger partial charge in [-0.05, 0) is 48.7 Å². The third-order valence-electron chi connectivity index (χ3n) is 5.07. The third kappa shape index (κ3) is 2.81. The molecular weight excluding hydrogens is 354 g/mol. The Bertz CT molecular complexity index is 1160. The van der Waals surface area contributed by atoms with Crippen molar-refractivity contribution in [2.24, 2.45) is 0 Å². The van der Waals surface area contributed by atoms with Crippen molar-refractivity contribution in [2.45, 2.75) is 19.9 Å². The first kappa shape index (κ1) is 16.6. The molecule has 0 saturated heterocycles. The number of para-hydroxylation sites is 1. The van der Waals surface area contributed by atoms with Crippen LogP contribution >= 0.6 is 0 Å². The highest BCUT2D eigenvalue weighted by molar-refractivity contribution is 5.94. The number of furan rings is 1. The summed E-state index contributed by atoms with van der Waals surface area (Å²) in [6, 6.07) is 13.2. The highest BCUT2D eigenvalue weighted by Gasteiger charge is 2.25. The molecule has 1 aliphatic rings. The summed E-state index contributed by atoms with van der Waals surface area (Å²) in [7, 11) is 0. The van der Waals surface area contributed by atoms with Crippen molar-refractivity contribution in [3.8, 4) is 11.5 Å². The summed E-state index contributed by atoms with van der Waals surface area (Å²) >= 11 is 0. The van der Waals surface area contributed by atoms with Crippen LogP contribution in [0.3, 0.4) is 0 Å². The molecule has 3 aromatic heterocycles. The molecule has 0 unspecified atom stereocenters. The standard InChI is InChI=1S/C21H19N5O2/c1-13-7-8-17(28-13)19-18-16-9-10-26(12-14(16)11-22-20(18)25-24-19)21(27)23-15-5-3-2-4-6-15/h2-8,11H,9-10,12H2,1H3,(H,23,27)(H,22,24,25). The number of urea groups is 1. The zero-order chi connectivity index (χ0) is 19.1. The number of anilines is 1. The number of aryl methyl sites for hydroxylation is 1. The fraction of sp³-hybridized carbons (Fsp3) is 0.190. The number of carbonyl (C=O) groups excluding carboxylic acids is 1. The molecule has 0 spiro atoms. The van der Waals surface area contributed by atoms with Crippen LogP contribution in [0.1, 0.15) is 16.9 Å². The van der Waals surface area contributed by atoms with Crippen LogP contribution in [-0.2, 0) is 13.0 Å². The van der Waals surface area contributed by atoms with E-state index in [0.717, 1.165) is 45.9 Å². The smallest absolute Gasteiger partial charge is 0.322 e. The van der Waals surface area contributed by atoms with Crippen molar-refractivity contribution in [3.05, 3.63) is 65.5 Å². The van der Waals surface area contributed by atoms with Gasteiger partial charge in [0.25, 0.3) is 0 Å². The molecule has 5 rings (SSSR count). The summed E-state index contributed by atoms with van der Waals surface area (Å²) in [5.74, 6) is 1.57. The Morgan fingerprint density at radius 3 is 2.86 bits per heavy atom. The van der Waals surface area contributed by atoms with E-state index in [1.807, 2.05) is 55.6 Å². The molecule has 7 nitrogen and oxygen atoms in total. The van der Waals surface area contributed by atoms with Crippen LogP contribution in [0.5, 0.6) is 0 Å². The first-order chi connectivity index (χ1) is 13.7. The number of nitrogens with zero attached hydrogens (tertiary/aromatic N) is 3. The quantitative estimate of drug-likeness (QED) is 0.553. The van der Waals surface area contributed by atoms with Gasteiger partial charge in [-0.15, -0.1) is 0 Å². The van der Waals surface area contributed by atoms with E-state index in [9.17, 15) is 4.79 Å². The molecule has 4 heterocycles. The molecule has 2 amide bonds. The first-order valence-electron chi connectivity index (χ1n) is 9.21. The van der Waals surface area contributed by atoms with Gasteiger partial charge in [0.2, 0.25) is 0 Å². The minimum absolute atomic E-state index is 0.106. The minimum Gasteiger partial charge on any atom is -0.460 e. The number of amides is 2. The molecule has 0 atom stereocenters. The third-order valence-corrected chi connectivity index (χ3v) is 5.07. The maximum absolute atomic E-state index is 12.6. The lowest BCUT2D eigenvalue weighted by Crippen LogP contribution is -2.39. The van der Waals surface area contributed by atoms with E-state index >= 15 is 0 Å². The summed E-state index contributed by atoms with van der Waals surface area (Å²) in [6.45, 7) is 3.06. The number of aromatic amines is 1. The highest BCUT2D eigenvalue weighted by atomic mass is 16.3. The molecule has 2 N–H and O–H groups in total. The topological polar surface area (TPSA) is 87.0 Å². The molecule has 0 saturated carbocycles. The van der Waals surface area contributed by atoms with Gasteiger partial charge in [0.05, 0.1) is 5.39 Å². The predicted molar refractivity (Wildman–Crippen MR) is 106 cm³/mol. The molecule has 0 aliphatic carbocycles. The SMILES string of the molecule is Cc1ccc(-c2n[nH]c3ncc4c(c23)CCN(C(=O)Nc2ccccc2)C4)o1. The largest absolute Gasteiger partial charge is 0.460 e. The van der Waals surface area contributed by atoms with E-state index in [1.54, 1.807) is 4.90 Å². The first-order valence-corrected chi connectivity index (χ1v) is 9.21. The summed E-state index contributed by atoms with van der Waals surface area (Å²) in [4.78, 5) is 19.0. The van der Waals surface area contributed by atoms with Gasteiger partial charge in [-0.2, -0.15) is 5.10 Å². The van der Waals surface area contributed by atoms with Gasteiger partial charge in [0.1, 0.15) is 11.5 Å². The summed E-state index contributed by atoms with van der Waals surface area (Å²) in [6.07, 6.45) is 2.57. The van der Waals surface area contributed by atoms with Crippen molar-refractivity contribution in [2.75, 3.05) is 11.9 Å². The molecule has 1 aliphatic heterocycles. The van der Waals surface area contributed by atoms with Crippen LogP contribution in [0.25, 0.3) is 22.5 Å². The zero-order valence-corrected chi connectivity index (χ0v) is 15.4. The number of H-pyrrole nitrogens is 1. The van der Waals surface area contributed by atoms with Crippen LogP contribution in [0.4, 0.5) is 10.5 Å². The average Bonchev–Trinajstić information content (AvgIpc) is 3.34. The number of aromatic nitrogens is 3. The molecule has 140 valence electrons. The molecule has 0 radical (unpaired) electrons. The zero-order valence-electron chi connectivity index (χ0n) is 15.4. The second-order valence-electron chi connectivity index (χ2n) is 6.94. The molecule has 0 fully saturated rings. The van der Waals surface area contributed by atoms with Gasteiger partial charge in [-0.25, -0.2) is 9.78 Å². The van der Waals surface area contributed by atoms with Gasteiger partial charge in [-0.3, -0.25) is 5.10 Å². The molecule has 0 bridgehead atoms. The predicted octanol–water partition coefficient (Wildman–Crippen LogP) is 4.12. The van der Waals surface area contributed by atoms with E-state index < -0.39 is 0 Å². The van der Waals surface area contributed by atoms with Crippen molar-refractivity contribution >= 4 is 22.8 Å². The van der Waals surface area contributed by atoms with Crippen molar-refractivity contribution < 1.29 is 9.21 Å². The Balaban J connectivity index is 1.46. The van der Waals surface area contributed by atoms with Crippen molar-refractivity contribution in [3.63, 3.8) is 0 Å². The van der Waals surface area contributed by atoms with Crippen LogP contribution in [0, 0.1) is 6.92 Å². The number of rotatable bonds is 2. The Morgan fingerprint density at radius 1 is 1.21 bits per heavy atom. The lowest BCUT2D eigenvalue weighted by atomic mass is 9.97. The number of hydrogen-bond acceptors (Lipinski definition) is 4. The number of pyridine rings is 1. The Morgan fingerprint density at radius 2 is 2.07 bits per heavy atom.